The molecule has 0 aromatic heterocycles. The maximum Gasteiger partial charge on any atom is 0.410 e. The zero-order valence-electron chi connectivity index (χ0n) is 78.8. The Bertz CT molecular complexity index is 3600. The first-order valence-corrected chi connectivity index (χ1v) is 45.2. The first-order chi connectivity index (χ1) is 62.4. The van der Waals surface area contributed by atoms with Crippen LogP contribution in [0.3, 0.4) is 0 Å². The number of likely N-dealkylation sites (tertiary alicyclic amines) is 1. The molecular weight excluding hydrogens is 1700 g/mol. The lowest BCUT2D eigenvalue weighted by atomic mass is 9.89. The van der Waals surface area contributed by atoms with Gasteiger partial charge in [0.15, 0.2) is 0 Å². The normalized spacial score (nSPS) is 16.0. The SMILES string of the molecule is CC[C@H](C)[C@@H](C(CC(=O)N1CCC[C@H]1[C@H](OC)[C@@H](C)C(=O)N[C@H](C)[C@@H](O)c1ccccc1)OC)N(C)C(=O)[C@@H](NC(=O)[C@H](C(C)C)N(C)C(=O)OCc1ccc(NC(=O)[C@H](CCCNC(N)=O)NC(=O)[C@@H](NC(=O)CCOCCOCCOCCOCCOCCOCCOCCOCCOCCOCCOCCOCCC(=O)ON2C(=O)CCC2=O)C(C)C)cc1)C(C)C. The first-order valence-electron chi connectivity index (χ1n) is 45.2. The Morgan fingerprint density at radius 2 is 1.02 bits per heavy atom. The number of primary amides is 1. The van der Waals surface area contributed by atoms with Crippen LogP contribution in [0.5, 0.6) is 0 Å². The van der Waals surface area contributed by atoms with Crippen LogP contribution in [0.2, 0.25) is 0 Å². The third-order valence-electron chi connectivity index (χ3n) is 21.7. The van der Waals surface area contributed by atoms with E-state index in [-0.39, 0.29) is 109 Å². The summed E-state index contributed by atoms with van der Waals surface area (Å²) in [7, 11) is 6.08. The number of ether oxygens (including phenoxy) is 15. The van der Waals surface area contributed by atoms with Gasteiger partial charge in [0.1, 0.15) is 30.8 Å². The van der Waals surface area contributed by atoms with Crippen molar-refractivity contribution in [3.8, 4) is 0 Å². The Hall–Kier alpha value is -8.72. The van der Waals surface area contributed by atoms with Gasteiger partial charge in [-0.3, -0.25) is 48.1 Å². The summed E-state index contributed by atoms with van der Waals surface area (Å²) in [4.78, 5) is 168. The predicted molar refractivity (Wildman–Crippen MR) is 475 cm³/mol. The lowest BCUT2D eigenvalue weighted by Crippen LogP contribution is -2.60. The molecule has 4 rings (SSSR count). The van der Waals surface area contributed by atoms with Crippen LogP contribution < -0.4 is 37.6 Å². The van der Waals surface area contributed by atoms with Gasteiger partial charge in [-0.2, -0.15) is 0 Å². The van der Waals surface area contributed by atoms with Crippen LogP contribution in [0.25, 0.3) is 0 Å². The van der Waals surface area contributed by atoms with Crippen LogP contribution in [-0.2, 0) is 130 Å². The van der Waals surface area contributed by atoms with E-state index in [1.54, 1.807) is 109 Å². The van der Waals surface area contributed by atoms with Crippen LogP contribution in [0, 0.1) is 29.6 Å². The van der Waals surface area contributed by atoms with Gasteiger partial charge >= 0.3 is 18.1 Å². The topological polar surface area (TPSA) is 484 Å². The highest BCUT2D eigenvalue weighted by atomic mass is 16.7. The third kappa shape index (κ3) is 43.8. The maximum absolute atomic E-state index is 14.9. The number of aliphatic hydroxyl groups is 1. The summed E-state index contributed by atoms with van der Waals surface area (Å²) in [6, 6.07) is 8.63. The van der Waals surface area contributed by atoms with Crippen molar-refractivity contribution in [2.24, 2.45) is 35.3 Å². The number of carbonyl (C=O) groups excluding carboxylic acids is 12. The number of nitrogens with one attached hydrogen (secondary N) is 6. The molecule has 40 heteroatoms. The van der Waals surface area contributed by atoms with Crippen molar-refractivity contribution in [2.45, 2.75) is 201 Å². The van der Waals surface area contributed by atoms with E-state index >= 15 is 0 Å². The zero-order chi connectivity index (χ0) is 95.7. The molecule has 2 aliphatic heterocycles. The number of anilines is 1. The van der Waals surface area contributed by atoms with Crippen LogP contribution in [0.4, 0.5) is 15.3 Å². The summed E-state index contributed by atoms with van der Waals surface area (Å²) in [5.74, 6) is -7.23. The molecule has 738 valence electrons. The van der Waals surface area contributed by atoms with Gasteiger partial charge < -0.3 is 128 Å². The minimum absolute atomic E-state index is 0.0360. The molecule has 12 amide bonds. The maximum atomic E-state index is 14.9. The highest BCUT2D eigenvalue weighted by Crippen LogP contribution is 2.31. The van der Waals surface area contributed by atoms with Crippen LogP contribution in [0.1, 0.15) is 151 Å². The van der Waals surface area contributed by atoms with Gasteiger partial charge in [-0.05, 0) is 79.5 Å². The summed E-state index contributed by atoms with van der Waals surface area (Å²) in [5, 5.41) is 28.2. The van der Waals surface area contributed by atoms with E-state index in [9.17, 15) is 62.6 Å². The molecule has 2 heterocycles. The lowest BCUT2D eigenvalue weighted by molar-refractivity contribution is -0.198. The molecule has 12 atom stereocenters. The zero-order valence-corrected chi connectivity index (χ0v) is 78.8. The molecule has 9 N–H and O–H groups in total. The second-order valence-corrected chi connectivity index (χ2v) is 32.7. The van der Waals surface area contributed by atoms with Gasteiger partial charge in [-0.1, -0.05) is 111 Å². The highest BCUT2D eigenvalue weighted by molar-refractivity contribution is 6.02. The van der Waals surface area contributed by atoms with E-state index in [1.807, 2.05) is 32.0 Å². The van der Waals surface area contributed by atoms with E-state index in [2.05, 4.69) is 31.9 Å². The van der Waals surface area contributed by atoms with Crippen molar-refractivity contribution in [1.82, 2.24) is 46.3 Å². The standard InChI is InChI=1S/C90H149N11O29/c1-15-64(8)81(72(115-13)59-76(105)100-34-20-24-71(100)83(116-14)65(9)84(108)93-66(10)82(107)68-21-17-16-18-22-68)98(11)88(112)79(62(4)5)97-87(111)80(63(6)7)99(12)90(114)129-60-67-25-27-69(28-26-67)94-85(109)70(23-19-33-92-89(91)113)95-86(110)78(61(2)3)96-73(102)31-35-117-37-39-119-41-43-121-45-47-123-49-51-125-53-55-127-57-58-128-56-54-126-52-50-124-48-46-122-44-42-120-40-38-118-36-32-77(106)130-101-74(103)29-30-75(101)104/h16-18,21-22,25-28,61-66,70-72,78-83,107H,15,19-20,23-24,29-60H2,1-14H3,(H,93,108)(H,94,109)(H,95,110)(H,96,102)(H,97,111)(H3,91,92,113)/t64-,65+,66+,70-,71-,72?,78-,79-,80-,81-,82+,83+/m0/s1. The molecule has 0 bridgehead atoms. The minimum atomic E-state index is -1.13. The number of carbonyl (C=O) groups is 12. The molecule has 0 saturated carbocycles. The Kier molecular flexibility index (Phi) is 57.5. The molecule has 2 aromatic rings. The summed E-state index contributed by atoms with van der Waals surface area (Å²) in [5.41, 5.74) is 6.80. The van der Waals surface area contributed by atoms with Crippen molar-refractivity contribution in [1.29, 1.82) is 0 Å². The number of nitrogens with two attached hydrogens (primary N) is 1. The van der Waals surface area contributed by atoms with Crippen molar-refractivity contribution in [3.63, 3.8) is 0 Å². The Morgan fingerprint density at radius 3 is 1.46 bits per heavy atom. The molecule has 2 aromatic carbocycles. The third-order valence-corrected chi connectivity index (χ3v) is 21.7. The van der Waals surface area contributed by atoms with Crippen LogP contribution in [0.15, 0.2) is 54.6 Å². The number of amides is 12. The Morgan fingerprint density at radius 1 is 0.538 bits per heavy atom. The second kappa shape index (κ2) is 65.8. The average Bonchev–Trinajstić information content (AvgIpc) is 1.36. The highest BCUT2D eigenvalue weighted by Gasteiger charge is 2.45. The molecule has 40 nitrogen and oxygen atoms in total. The fourth-order valence-corrected chi connectivity index (χ4v) is 14.3. The molecule has 0 aliphatic carbocycles. The summed E-state index contributed by atoms with van der Waals surface area (Å²) in [6.07, 6.45) is -1.25. The number of rotatable bonds is 72. The number of methoxy groups -OCH3 is 2. The average molecular weight is 1850 g/mol. The number of imide groups is 1. The number of urea groups is 1. The van der Waals surface area contributed by atoms with Gasteiger partial charge in [0.05, 0.1) is 214 Å². The number of hydroxylamine groups is 2. The summed E-state index contributed by atoms with van der Waals surface area (Å²) in [6.45, 7) is 26.4. The van der Waals surface area contributed by atoms with E-state index < -0.39 is 144 Å². The number of nitrogens with zero attached hydrogens (tertiary/aromatic N) is 4. The molecule has 130 heavy (non-hydrogen) atoms. The Labute approximate surface area is 765 Å². The smallest absolute Gasteiger partial charge is 0.410 e. The van der Waals surface area contributed by atoms with Gasteiger partial charge in [-0.15, -0.1) is 5.06 Å². The number of hydrogen-bond acceptors (Lipinski definition) is 29. The molecule has 2 saturated heterocycles. The molecule has 2 aliphatic rings. The predicted octanol–water partition coefficient (Wildman–Crippen LogP) is 4.18. The molecule has 0 spiro atoms. The van der Waals surface area contributed by atoms with Crippen molar-refractivity contribution in [3.05, 3.63) is 65.7 Å². The lowest BCUT2D eigenvalue weighted by Gasteiger charge is -2.41. The number of hydrogen-bond donors (Lipinski definition) is 8. The minimum Gasteiger partial charge on any atom is -0.445 e. The molecule has 1 unspecified atom stereocenters. The largest absolute Gasteiger partial charge is 0.445 e. The van der Waals surface area contributed by atoms with E-state index in [1.165, 1.54) is 26.2 Å². The molecule has 0 radical (unpaired) electrons. The fourth-order valence-electron chi connectivity index (χ4n) is 14.3. The van der Waals surface area contributed by atoms with E-state index in [4.69, 9.17) is 81.6 Å². The van der Waals surface area contributed by atoms with Crippen LogP contribution in [-0.4, -0.2) is 351 Å². The second-order valence-electron chi connectivity index (χ2n) is 32.7. The number of aliphatic hydroxyl groups excluding tert-OH is 1. The number of benzene rings is 2. The van der Waals surface area contributed by atoms with E-state index in [0.717, 1.165) is 0 Å². The van der Waals surface area contributed by atoms with Gasteiger partial charge in [0, 0.05) is 66.4 Å². The van der Waals surface area contributed by atoms with Gasteiger partial charge in [0.2, 0.25) is 41.4 Å². The Balaban J connectivity index is 1.08. The summed E-state index contributed by atoms with van der Waals surface area (Å²) < 4.78 is 83.9. The molecular formula is C90H149N11O29. The fraction of sp³-hybridized carbons (Fsp3) is 0.733. The number of likely N-dealkylation sites (N-methyl/N-ethyl adjacent to an activating group) is 2. The van der Waals surface area contributed by atoms with Gasteiger partial charge in [-0.25, -0.2) is 14.4 Å². The summed E-state index contributed by atoms with van der Waals surface area (Å²) >= 11 is 0. The van der Waals surface area contributed by atoms with E-state index in [0.29, 0.717) is 173 Å². The van der Waals surface area contributed by atoms with Crippen molar-refractivity contribution in [2.75, 3.05) is 205 Å². The first kappa shape index (κ1) is 114. The van der Waals surface area contributed by atoms with Crippen molar-refractivity contribution < 1.29 is 139 Å². The van der Waals surface area contributed by atoms with Gasteiger partial charge in [0.25, 0.3) is 11.8 Å². The molecule has 2 fully saturated rings. The monoisotopic (exact) mass is 1850 g/mol. The quantitative estimate of drug-likeness (QED) is 0.0340. The van der Waals surface area contributed by atoms with Crippen LogP contribution >= 0.6 is 0 Å². The van der Waals surface area contributed by atoms with Crippen molar-refractivity contribution >= 4 is 76.9 Å².